The van der Waals surface area contributed by atoms with Crippen LogP contribution >= 0.6 is 11.3 Å². The van der Waals surface area contributed by atoms with E-state index >= 15 is 0 Å². The number of rotatable bonds is 5. The highest BCUT2D eigenvalue weighted by atomic mass is 32.1. The van der Waals surface area contributed by atoms with Crippen LogP contribution < -0.4 is 0 Å². The second-order valence-corrected chi connectivity index (χ2v) is 16.2. The van der Waals surface area contributed by atoms with Crippen molar-refractivity contribution < 1.29 is 19.1 Å². The van der Waals surface area contributed by atoms with Crippen molar-refractivity contribution in [1.82, 2.24) is 29.7 Å². The van der Waals surface area contributed by atoms with E-state index in [4.69, 9.17) is 14.5 Å². The third kappa shape index (κ3) is 7.40. The van der Waals surface area contributed by atoms with Gasteiger partial charge in [-0.2, -0.15) is 0 Å². The first-order valence-electron chi connectivity index (χ1n) is 16.4. The number of carbonyl (C=O) groups is 2. The molecule has 2 aliphatic rings. The Kier molecular flexibility index (Phi) is 8.71. The Morgan fingerprint density at radius 2 is 1.15 bits per heavy atom. The number of likely N-dealkylation sites (tertiary alicyclic amines) is 2. The van der Waals surface area contributed by atoms with Crippen LogP contribution in [-0.4, -0.2) is 66.2 Å². The van der Waals surface area contributed by atoms with Gasteiger partial charge in [0.05, 0.1) is 40.7 Å². The topological polar surface area (TPSA) is 116 Å². The standard InChI is InChI=1S/C36H46N6O4S/c1-21-15-27(41(19-21)33(43)45-35(3,4)5)31-37-17-25(39-31)23-9-11-24(12-10-23)29-13-14-30(47-29)26-18-38-32(40-26)28-16-22(2)20-42(28)34(44)46-36(6,7)8/h9-14,17-18,21-22,27-28H,15-16,19-20H2,1-8H3,(H,37,39)(H,38,40)/t21-,22-,27-,28-/m0/s1. The number of carbonyl (C=O) groups excluding carboxylic acids is 2. The van der Waals surface area contributed by atoms with Crippen LogP contribution in [0.25, 0.3) is 32.3 Å². The molecule has 10 nitrogen and oxygen atoms in total. The van der Waals surface area contributed by atoms with Crippen LogP contribution in [0, 0.1) is 11.8 Å². The van der Waals surface area contributed by atoms with Gasteiger partial charge in [-0.15, -0.1) is 11.3 Å². The number of nitrogens with zero attached hydrogens (tertiary/aromatic N) is 4. The predicted molar refractivity (Wildman–Crippen MR) is 184 cm³/mol. The van der Waals surface area contributed by atoms with E-state index in [1.807, 2.05) is 53.9 Å². The zero-order valence-electron chi connectivity index (χ0n) is 28.6. The summed E-state index contributed by atoms with van der Waals surface area (Å²) in [6.07, 6.45) is 4.78. The summed E-state index contributed by atoms with van der Waals surface area (Å²) in [5.74, 6) is 2.30. The van der Waals surface area contributed by atoms with Gasteiger partial charge in [-0.1, -0.05) is 38.1 Å². The molecule has 0 bridgehead atoms. The lowest BCUT2D eigenvalue weighted by atomic mass is 10.1. The maximum atomic E-state index is 12.9. The maximum absolute atomic E-state index is 12.9. The summed E-state index contributed by atoms with van der Waals surface area (Å²) in [7, 11) is 0. The molecule has 0 saturated carbocycles. The molecule has 0 radical (unpaired) electrons. The number of aromatic amines is 2. The van der Waals surface area contributed by atoms with Crippen LogP contribution in [-0.2, 0) is 9.47 Å². The molecule has 0 aliphatic carbocycles. The predicted octanol–water partition coefficient (Wildman–Crippen LogP) is 8.83. The normalized spacial score (nSPS) is 21.8. The lowest BCUT2D eigenvalue weighted by Gasteiger charge is -2.27. The van der Waals surface area contributed by atoms with Gasteiger partial charge in [0.1, 0.15) is 22.9 Å². The Hall–Kier alpha value is -4.12. The summed E-state index contributed by atoms with van der Waals surface area (Å²) >= 11 is 1.69. The average Bonchev–Trinajstić information content (AvgIpc) is 3.80. The summed E-state index contributed by atoms with van der Waals surface area (Å²) in [5, 5.41) is 0. The van der Waals surface area contributed by atoms with Crippen LogP contribution in [0.5, 0.6) is 0 Å². The van der Waals surface area contributed by atoms with Crippen LogP contribution in [0.2, 0.25) is 0 Å². The number of benzene rings is 1. The highest BCUT2D eigenvalue weighted by Gasteiger charge is 2.39. The number of H-pyrrole nitrogens is 2. The van der Waals surface area contributed by atoms with Crippen molar-refractivity contribution in [2.24, 2.45) is 11.8 Å². The number of hydrogen-bond acceptors (Lipinski definition) is 7. The molecule has 11 heteroatoms. The van der Waals surface area contributed by atoms with E-state index in [-0.39, 0.29) is 24.3 Å². The SMILES string of the molecule is C[C@H]1C[C@@H](c2ncc(-c3ccc(-c4ccc(-c5cnc([C@@H]6C[C@H](C)CN6C(=O)OC(C)(C)C)[nH]5)s4)cc3)[nH]2)N(C(=O)OC(C)(C)C)C1. The number of imidazole rings is 2. The summed E-state index contributed by atoms with van der Waals surface area (Å²) in [6.45, 7) is 16.9. The smallest absolute Gasteiger partial charge is 0.410 e. The fraction of sp³-hybridized carbons (Fsp3) is 0.500. The lowest BCUT2D eigenvalue weighted by Crippen LogP contribution is -2.37. The summed E-state index contributed by atoms with van der Waals surface area (Å²) in [6, 6.07) is 12.4. The minimum absolute atomic E-state index is 0.138. The second kappa shape index (κ2) is 12.5. The molecule has 4 atom stereocenters. The molecule has 2 fully saturated rings. The molecule has 0 unspecified atom stereocenters. The highest BCUT2D eigenvalue weighted by molar-refractivity contribution is 7.18. The monoisotopic (exact) mass is 658 g/mol. The second-order valence-electron chi connectivity index (χ2n) is 15.1. The molecule has 3 aromatic heterocycles. The van der Waals surface area contributed by atoms with Crippen molar-refractivity contribution in [3.05, 3.63) is 60.4 Å². The van der Waals surface area contributed by atoms with E-state index in [9.17, 15) is 9.59 Å². The van der Waals surface area contributed by atoms with E-state index in [0.717, 1.165) is 56.8 Å². The van der Waals surface area contributed by atoms with Crippen molar-refractivity contribution >= 4 is 23.5 Å². The third-order valence-electron chi connectivity index (χ3n) is 8.45. The molecule has 6 rings (SSSR count). The fourth-order valence-electron chi connectivity index (χ4n) is 6.39. The minimum atomic E-state index is -0.548. The van der Waals surface area contributed by atoms with Crippen LogP contribution in [0.15, 0.2) is 48.8 Å². The summed E-state index contributed by atoms with van der Waals surface area (Å²) in [4.78, 5) is 48.0. The quantitative estimate of drug-likeness (QED) is 0.221. The molecule has 4 aromatic rings. The van der Waals surface area contributed by atoms with Crippen molar-refractivity contribution in [2.75, 3.05) is 13.1 Å². The molecule has 1 aromatic carbocycles. The molecular weight excluding hydrogens is 613 g/mol. The maximum Gasteiger partial charge on any atom is 0.410 e. The van der Waals surface area contributed by atoms with E-state index in [1.54, 1.807) is 21.1 Å². The number of nitrogens with one attached hydrogen (secondary N) is 2. The first kappa shape index (κ1) is 32.8. The van der Waals surface area contributed by atoms with Crippen molar-refractivity contribution in [1.29, 1.82) is 0 Å². The number of aromatic nitrogens is 4. The van der Waals surface area contributed by atoms with Crippen molar-refractivity contribution in [3.8, 4) is 32.3 Å². The van der Waals surface area contributed by atoms with Gasteiger partial charge in [-0.3, -0.25) is 9.80 Å². The van der Waals surface area contributed by atoms with Gasteiger partial charge < -0.3 is 19.4 Å². The van der Waals surface area contributed by atoms with Crippen LogP contribution in [0.4, 0.5) is 9.59 Å². The van der Waals surface area contributed by atoms with Crippen molar-refractivity contribution in [2.45, 2.75) is 91.5 Å². The highest BCUT2D eigenvalue weighted by Crippen LogP contribution is 2.39. The first-order valence-corrected chi connectivity index (χ1v) is 17.3. The molecular formula is C36H46N6O4S. The van der Waals surface area contributed by atoms with E-state index in [2.05, 4.69) is 65.2 Å². The van der Waals surface area contributed by atoms with Gasteiger partial charge >= 0.3 is 12.2 Å². The van der Waals surface area contributed by atoms with Crippen LogP contribution in [0.3, 0.4) is 0 Å². The van der Waals surface area contributed by atoms with Crippen LogP contribution in [0.1, 0.15) is 92.0 Å². The lowest BCUT2D eigenvalue weighted by molar-refractivity contribution is 0.0204. The van der Waals surface area contributed by atoms with E-state index in [1.165, 1.54) is 0 Å². The van der Waals surface area contributed by atoms with Gasteiger partial charge in [0, 0.05) is 18.0 Å². The van der Waals surface area contributed by atoms with Gasteiger partial charge in [0.2, 0.25) is 0 Å². The third-order valence-corrected chi connectivity index (χ3v) is 9.62. The molecule has 5 heterocycles. The van der Waals surface area contributed by atoms with Gasteiger partial charge in [-0.05, 0) is 89.5 Å². The van der Waals surface area contributed by atoms with Gasteiger partial charge in [0.15, 0.2) is 0 Å². The Morgan fingerprint density at radius 3 is 1.66 bits per heavy atom. The van der Waals surface area contributed by atoms with Crippen molar-refractivity contribution in [3.63, 3.8) is 0 Å². The summed E-state index contributed by atoms with van der Waals surface area (Å²) in [5.41, 5.74) is 2.89. The molecule has 2 saturated heterocycles. The average molecular weight is 659 g/mol. The zero-order valence-corrected chi connectivity index (χ0v) is 29.4. The Labute approximate surface area is 280 Å². The van der Waals surface area contributed by atoms with Gasteiger partial charge in [0.25, 0.3) is 0 Å². The molecule has 2 amide bonds. The molecule has 47 heavy (non-hydrogen) atoms. The molecule has 2 aliphatic heterocycles. The Bertz CT molecular complexity index is 1730. The fourth-order valence-corrected chi connectivity index (χ4v) is 7.37. The molecule has 0 spiro atoms. The number of thiophene rings is 1. The number of ether oxygens (including phenoxy) is 2. The Balaban J connectivity index is 1.14. The van der Waals surface area contributed by atoms with E-state index < -0.39 is 11.2 Å². The number of hydrogen-bond donors (Lipinski definition) is 2. The Morgan fingerprint density at radius 1 is 0.702 bits per heavy atom. The molecule has 2 N–H and O–H groups in total. The minimum Gasteiger partial charge on any atom is -0.444 e. The summed E-state index contributed by atoms with van der Waals surface area (Å²) < 4.78 is 11.4. The molecule has 250 valence electrons. The van der Waals surface area contributed by atoms with Gasteiger partial charge in [-0.25, -0.2) is 19.6 Å². The van der Waals surface area contributed by atoms with E-state index in [0.29, 0.717) is 24.9 Å². The first-order chi connectivity index (χ1) is 22.1. The number of amides is 2. The zero-order chi connectivity index (χ0) is 33.7. The largest absolute Gasteiger partial charge is 0.444 e.